The van der Waals surface area contributed by atoms with E-state index in [4.69, 9.17) is 18.9 Å². The average molecular weight is 358 g/mol. The highest BCUT2D eigenvalue weighted by Gasteiger charge is 2.33. The quantitative estimate of drug-likeness (QED) is 0.458. The summed E-state index contributed by atoms with van der Waals surface area (Å²) in [6.07, 6.45) is 3.80. The van der Waals surface area contributed by atoms with E-state index in [0.29, 0.717) is 25.4 Å². The van der Waals surface area contributed by atoms with Crippen LogP contribution in [0.15, 0.2) is 0 Å². The fourth-order valence-electron chi connectivity index (χ4n) is 2.70. The molecule has 0 heterocycles. The molecule has 2 unspecified atom stereocenters. The molecule has 1 aliphatic carbocycles. The lowest BCUT2D eigenvalue weighted by molar-refractivity contribution is -0.0854. The Balaban J connectivity index is 2.35. The summed E-state index contributed by atoms with van der Waals surface area (Å²) in [7, 11) is 0. The molecule has 1 fully saturated rings. The lowest BCUT2D eigenvalue weighted by Crippen LogP contribution is -2.39. The third kappa shape index (κ3) is 10.2. The first-order valence-electron chi connectivity index (χ1n) is 9.40. The third-order valence-corrected chi connectivity index (χ3v) is 3.92. The molecule has 0 aromatic heterocycles. The Morgan fingerprint density at radius 2 is 1.52 bits per heavy atom. The Morgan fingerprint density at radius 1 is 0.960 bits per heavy atom. The first-order valence-corrected chi connectivity index (χ1v) is 9.40. The van der Waals surface area contributed by atoms with Crippen LogP contribution in [0.1, 0.15) is 79.6 Å². The first-order chi connectivity index (χ1) is 11.7. The molecule has 1 rings (SSSR count). The maximum Gasteiger partial charge on any atom is 0.509 e. The van der Waals surface area contributed by atoms with Gasteiger partial charge in [0.15, 0.2) is 0 Å². The molecule has 0 aromatic carbocycles. The van der Waals surface area contributed by atoms with Crippen molar-refractivity contribution in [1.29, 1.82) is 0 Å². The molecule has 2 atom stereocenters. The van der Waals surface area contributed by atoms with Gasteiger partial charge in [-0.05, 0) is 65.2 Å². The van der Waals surface area contributed by atoms with E-state index in [1.54, 1.807) is 20.8 Å². The minimum Gasteiger partial charge on any atom is -0.434 e. The van der Waals surface area contributed by atoms with Crippen LogP contribution in [0, 0.1) is 5.92 Å². The largest absolute Gasteiger partial charge is 0.509 e. The van der Waals surface area contributed by atoms with Gasteiger partial charge in [-0.15, -0.1) is 0 Å². The highest BCUT2D eigenvalue weighted by atomic mass is 16.8. The summed E-state index contributed by atoms with van der Waals surface area (Å²) in [6.45, 7) is 10.0. The third-order valence-electron chi connectivity index (χ3n) is 3.92. The topological polar surface area (TPSA) is 71.1 Å². The zero-order chi connectivity index (χ0) is 18.9. The first kappa shape index (κ1) is 21.6. The average Bonchev–Trinajstić information content (AvgIpc) is 2.46. The smallest absolute Gasteiger partial charge is 0.434 e. The number of hydrogen-bond acceptors (Lipinski definition) is 6. The summed E-state index contributed by atoms with van der Waals surface area (Å²) >= 11 is 0. The van der Waals surface area contributed by atoms with E-state index in [2.05, 4.69) is 13.8 Å². The Bertz CT molecular complexity index is 413. The normalized spacial score (nSPS) is 20.9. The van der Waals surface area contributed by atoms with Crippen LogP contribution in [0.4, 0.5) is 9.59 Å². The summed E-state index contributed by atoms with van der Waals surface area (Å²) in [5, 5.41) is 0. The van der Waals surface area contributed by atoms with Crippen LogP contribution in [0.3, 0.4) is 0 Å². The number of hydrogen-bond donors (Lipinski definition) is 0. The zero-order valence-corrected chi connectivity index (χ0v) is 16.3. The lowest BCUT2D eigenvalue weighted by atomic mass is 9.95. The summed E-state index contributed by atoms with van der Waals surface area (Å²) < 4.78 is 21.0. The number of unbranched alkanes of at least 4 members (excludes halogenated alkanes) is 1. The summed E-state index contributed by atoms with van der Waals surface area (Å²) in [5.41, 5.74) is -0.614. The van der Waals surface area contributed by atoms with Crippen molar-refractivity contribution >= 4 is 12.3 Å². The number of carbonyl (C=O) groups excluding carboxylic acids is 2. The van der Waals surface area contributed by atoms with Crippen LogP contribution in [0.5, 0.6) is 0 Å². The molecule has 0 aromatic rings. The molecule has 1 saturated carbocycles. The van der Waals surface area contributed by atoms with Gasteiger partial charge >= 0.3 is 12.3 Å². The van der Waals surface area contributed by atoms with Crippen LogP contribution in [-0.4, -0.2) is 36.7 Å². The van der Waals surface area contributed by atoms with E-state index in [1.807, 2.05) is 0 Å². The van der Waals surface area contributed by atoms with Crippen LogP contribution in [0.2, 0.25) is 0 Å². The summed E-state index contributed by atoms with van der Waals surface area (Å²) in [6, 6.07) is 0. The van der Waals surface area contributed by atoms with E-state index < -0.39 is 30.1 Å². The Morgan fingerprint density at radius 3 is 2.04 bits per heavy atom. The highest BCUT2D eigenvalue weighted by Crippen LogP contribution is 2.25. The molecule has 0 saturated heterocycles. The lowest BCUT2D eigenvalue weighted by Gasteiger charge is -2.31. The number of ether oxygens (including phenoxy) is 4. The standard InChI is InChI=1S/C19H34O6/c1-14(2)10-8-9-13-22-17(20)23-15-11-6-7-12-16(15)24-18(21)25-19(3,4)5/h14-16H,6-13H2,1-5H3. The Kier molecular flexibility index (Phi) is 9.08. The molecule has 6 heteroatoms. The van der Waals surface area contributed by atoms with Gasteiger partial charge in [0.05, 0.1) is 6.61 Å². The second-order valence-electron chi connectivity index (χ2n) is 8.05. The Hall–Kier alpha value is -1.46. The van der Waals surface area contributed by atoms with Crippen molar-refractivity contribution in [2.45, 2.75) is 97.4 Å². The highest BCUT2D eigenvalue weighted by molar-refractivity contribution is 5.61. The minimum atomic E-state index is -0.727. The van der Waals surface area contributed by atoms with Crippen molar-refractivity contribution in [1.82, 2.24) is 0 Å². The van der Waals surface area contributed by atoms with E-state index >= 15 is 0 Å². The van der Waals surface area contributed by atoms with Gasteiger partial charge in [-0.1, -0.05) is 20.3 Å². The van der Waals surface area contributed by atoms with Gasteiger partial charge < -0.3 is 18.9 Å². The van der Waals surface area contributed by atoms with Gasteiger partial charge in [0.25, 0.3) is 0 Å². The van der Waals surface area contributed by atoms with Gasteiger partial charge in [0, 0.05) is 0 Å². The molecule has 146 valence electrons. The maximum absolute atomic E-state index is 11.9. The number of rotatable bonds is 7. The van der Waals surface area contributed by atoms with Gasteiger partial charge in [-0.25, -0.2) is 9.59 Å². The van der Waals surface area contributed by atoms with E-state index in [1.165, 1.54) is 0 Å². The molecule has 0 N–H and O–H groups in total. The molecule has 6 nitrogen and oxygen atoms in total. The minimum absolute atomic E-state index is 0.357. The van der Waals surface area contributed by atoms with Crippen molar-refractivity contribution < 1.29 is 28.5 Å². The fraction of sp³-hybridized carbons (Fsp3) is 0.895. The van der Waals surface area contributed by atoms with Gasteiger partial charge in [0.1, 0.15) is 17.8 Å². The van der Waals surface area contributed by atoms with Crippen molar-refractivity contribution in [3.63, 3.8) is 0 Å². The molecule has 0 spiro atoms. The summed E-state index contributed by atoms with van der Waals surface area (Å²) in [4.78, 5) is 23.7. The molecular formula is C19H34O6. The van der Waals surface area contributed by atoms with Gasteiger partial charge in [0.2, 0.25) is 0 Å². The van der Waals surface area contributed by atoms with Crippen molar-refractivity contribution in [2.24, 2.45) is 5.92 Å². The molecule has 25 heavy (non-hydrogen) atoms. The fourth-order valence-corrected chi connectivity index (χ4v) is 2.70. The molecule has 0 amide bonds. The molecule has 0 bridgehead atoms. The van der Waals surface area contributed by atoms with Gasteiger partial charge in [-0.2, -0.15) is 0 Å². The zero-order valence-electron chi connectivity index (χ0n) is 16.3. The maximum atomic E-state index is 11.9. The van der Waals surface area contributed by atoms with Crippen LogP contribution < -0.4 is 0 Å². The predicted molar refractivity (Wildman–Crippen MR) is 94.5 cm³/mol. The molecule has 0 aliphatic heterocycles. The second kappa shape index (κ2) is 10.5. The van der Waals surface area contributed by atoms with Crippen LogP contribution in [-0.2, 0) is 18.9 Å². The van der Waals surface area contributed by atoms with Crippen LogP contribution in [0.25, 0.3) is 0 Å². The van der Waals surface area contributed by atoms with Crippen molar-refractivity contribution in [3.8, 4) is 0 Å². The van der Waals surface area contributed by atoms with E-state index in [-0.39, 0.29) is 0 Å². The van der Waals surface area contributed by atoms with Crippen LogP contribution >= 0.6 is 0 Å². The predicted octanol–water partition coefficient (Wildman–Crippen LogP) is 5.23. The van der Waals surface area contributed by atoms with E-state index in [0.717, 1.165) is 32.1 Å². The Labute approximate surface area is 151 Å². The van der Waals surface area contributed by atoms with Crippen molar-refractivity contribution in [3.05, 3.63) is 0 Å². The molecule has 1 aliphatic rings. The molecular weight excluding hydrogens is 324 g/mol. The van der Waals surface area contributed by atoms with Crippen molar-refractivity contribution in [2.75, 3.05) is 6.61 Å². The van der Waals surface area contributed by atoms with Gasteiger partial charge in [-0.3, -0.25) is 0 Å². The molecule has 0 radical (unpaired) electrons. The van der Waals surface area contributed by atoms with E-state index in [9.17, 15) is 9.59 Å². The number of carbonyl (C=O) groups is 2. The SMILES string of the molecule is CC(C)CCCCOC(=O)OC1CCCCC1OC(=O)OC(C)(C)C. The monoisotopic (exact) mass is 358 g/mol. The second-order valence-corrected chi connectivity index (χ2v) is 8.05. The summed E-state index contributed by atoms with van der Waals surface area (Å²) in [5.74, 6) is 0.653.